The molecule has 2 nitrogen and oxygen atoms in total. The third-order valence-electron chi connectivity index (χ3n) is 3.38. The summed E-state index contributed by atoms with van der Waals surface area (Å²) in [4.78, 5) is 2.44. The average Bonchev–Trinajstić information content (AvgIpc) is 2.29. The topological polar surface area (TPSA) is 15.3 Å². The number of piperazine rings is 1. The van der Waals surface area contributed by atoms with Crippen molar-refractivity contribution in [1.82, 2.24) is 10.2 Å². The third-order valence-corrected chi connectivity index (χ3v) is 3.38. The Hall–Kier alpha value is -0.930. The van der Waals surface area contributed by atoms with Crippen LogP contribution in [0.4, 0.5) is 4.39 Å². The van der Waals surface area contributed by atoms with Crippen molar-refractivity contribution in [3.63, 3.8) is 0 Å². The Morgan fingerprint density at radius 2 is 2.00 bits per heavy atom. The number of hydrogen-bond acceptors (Lipinski definition) is 2. The molecule has 1 aromatic carbocycles. The first kappa shape index (κ1) is 11.6. The highest BCUT2D eigenvalue weighted by Gasteiger charge is 2.19. The van der Waals surface area contributed by atoms with E-state index in [2.05, 4.69) is 17.1 Å². The average molecular weight is 222 g/mol. The van der Waals surface area contributed by atoms with E-state index in [1.165, 1.54) is 5.56 Å². The Morgan fingerprint density at radius 1 is 1.31 bits per heavy atom. The summed E-state index contributed by atoms with van der Waals surface area (Å²) >= 11 is 0. The molecular formula is C13H19FN2. The standard InChI is InChI=1S/C13H19FN2/c1-10-9-12(14)3-4-13(10)11(2)16-7-5-15-6-8-16/h3-4,9,11,15H,5-8H2,1-2H3/t11-/m1/s1. The van der Waals surface area contributed by atoms with E-state index in [1.54, 1.807) is 12.1 Å². The summed E-state index contributed by atoms with van der Waals surface area (Å²) in [6.07, 6.45) is 0. The third kappa shape index (κ3) is 2.42. The van der Waals surface area contributed by atoms with Gasteiger partial charge in [-0.2, -0.15) is 0 Å². The second kappa shape index (κ2) is 4.93. The molecule has 88 valence electrons. The molecule has 0 unspecified atom stereocenters. The maximum absolute atomic E-state index is 13.0. The van der Waals surface area contributed by atoms with Crippen molar-refractivity contribution in [1.29, 1.82) is 0 Å². The number of nitrogens with zero attached hydrogens (tertiary/aromatic N) is 1. The first-order valence-electron chi connectivity index (χ1n) is 5.89. The molecule has 0 radical (unpaired) electrons. The minimum absolute atomic E-state index is 0.145. The van der Waals surface area contributed by atoms with Crippen molar-refractivity contribution < 1.29 is 4.39 Å². The Balaban J connectivity index is 2.15. The number of halogens is 1. The highest BCUT2D eigenvalue weighted by atomic mass is 19.1. The smallest absolute Gasteiger partial charge is 0.123 e. The molecule has 1 N–H and O–H groups in total. The summed E-state index contributed by atoms with van der Waals surface area (Å²) in [5.74, 6) is -0.145. The minimum Gasteiger partial charge on any atom is -0.314 e. The van der Waals surface area contributed by atoms with Crippen LogP contribution in [0.1, 0.15) is 24.1 Å². The van der Waals surface area contributed by atoms with E-state index in [0.29, 0.717) is 6.04 Å². The van der Waals surface area contributed by atoms with Gasteiger partial charge in [0.15, 0.2) is 0 Å². The van der Waals surface area contributed by atoms with E-state index < -0.39 is 0 Å². The zero-order chi connectivity index (χ0) is 11.5. The van der Waals surface area contributed by atoms with Crippen molar-refractivity contribution in [2.75, 3.05) is 26.2 Å². The SMILES string of the molecule is Cc1cc(F)ccc1[C@@H](C)N1CCNCC1. The van der Waals surface area contributed by atoms with Gasteiger partial charge in [0.25, 0.3) is 0 Å². The normalized spacial score (nSPS) is 19.7. The molecule has 2 rings (SSSR count). The maximum atomic E-state index is 13.0. The Labute approximate surface area is 96.5 Å². The molecule has 1 atom stereocenters. The van der Waals surface area contributed by atoms with Crippen LogP contribution in [0.2, 0.25) is 0 Å². The van der Waals surface area contributed by atoms with Crippen molar-refractivity contribution in [2.45, 2.75) is 19.9 Å². The second-order valence-electron chi connectivity index (χ2n) is 4.46. The molecule has 1 aromatic rings. The Bertz CT molecular complexity index is 359. The minimum atomic E-state index is -0.145. The molecule has 0 bridgehead atoms. The van der Waals surface area contributed by atoms with Crippen LogP contribution in [0, 0.1) is 12.7 Å². The second-order valence-corrected chi connectivity index (χ2v) is 4.46. The van der Waals surface area contributed by atoms with Gasteiger partial charge in [-0.15, -0.1) is 0 Å². The molecule has 1 heterocycles. The van der Waals surface area contributed by atoms with E-state index >= 15 is 0 Å². The van der Waals surface area contributed by atoms with E-state index in [0.717, 1.165) is 31.7 Å². The molecule has 0 amide bonds. The molecule has 0 spiro atoms. The number of benzene rings is 1. The lowest BCUT2D eigenvalue weighted by Crippen LogP contribution is -2.44. The van der Waals surface area contributed by atoms with E-state index in [4.69, 9.17) is 0 Å². The van der Waals surface area contributed by atoms with Crippen molar-refractivity contribution >= 4 is 0 Å². The quantitative estimate of drug-likeness (QED) is 0.824. The van der Waals surface area contributed by atoms with E-state index in [9.17, 15) is 4.39 Å². The molecule has 1 fully saturated rings. The Morgan fingerprint density at radius 3 is 2.62 bits per heavy atom. The zero-order valence-electron chi connectivity index (χ0n) is 9.96. The predicted molar refractivity (Wildman–Crippen MR) is 64.0 cm³/mol. The van der Waals surface area contributed by atoms with Crippen LogP contribution in [0.15, 0.2) is 18.2 Å². The van der Waals surface area contributed by atoms with Crippen molar-refractivity contribution in [3.05, 3.63) is 35.1 Å². The molecule has 0 aromatic heterocycles. The van der Waals surface area contributed by atoms with Crippen LogP contribution in [0.3, 0.4) is 0 Å². The van der Waals surface area contributed by atoms with Gasteiger partial charge in [-0.05, 0) is 37.1 Å². The zero-order valence-corrected chi connectivity index (χ0v) is 9.96. The van der Waals surface area contributed by atoms with Gasteiger partial charge in [-0.3, -0.25) is 4.90 Å². The van der Waals surface area contributed by atoms with Crippen LogP contribution in [-0.4, -0.2) is 31.1 Å². The largest absolute Gasteiger partial charge is 0.314 e. The van der Waals surface area contributed by atoms with Gasteiger partial charge < -0.3 is 5.32 Å². The fraction of sp³-hybridized carbons (Fsp3) is 0.538. The van der Waals surface area contributed by atoms with E-state index in [-0.39, 0.29) is 5.82 Å². The molecule has 3 heteroatoms. The molecule has 16 heavy (non-hydrogen) atoms. The van der Waals surface area contributed by atoms with Gasteiger partial charge in [0.05, 0.1) is 0 Å². The first-order chi connectivity index (χ1) is 7.68. The molecule has 1 aliphatic rings. The maximum Gasteiger partial charge on any atom is 0.123 e. The van der Waals surface area contributed by atoms with Gasteiger partial charge in [0.2, 0.25) is 0 Å². The number of rotatable bonds is 2. The monoisotopic (exact) mass is 222 g/mol. The summed E-state index contributed by atoms with van der Waals surface area (Å²) in [6, 6.07) is 5.47. The first-order valence-corrected chi connectivity index (χ1v) is 5.89. The number of hydrogen-bond donors (Lipinski definition) is 1. The number of aryl methyl sites for hydroxylation is 1. The summed E-state index contributed by atoms with van der Waals surface area (Å²) in [5, 5.41) is 3.34. The van der Waals surface area contributed by atoms with Crippen LogP contribution in [0.25, 0.3) is 0 Å². The van der Waals surface area contributed by atoms with Crippen LogP contribution in [0.5, 0.6) is 0 Å². The summed E-state index contributed by atoms with van der Waals surface area (Å²) < 4.78 is 13.0. The van der Waals surface area contributed by atoms with Crippen LogP contribution < -0.4 is 5.32 Å². The van der Waals surface area contributed by atoms with Gasteiger partial charge >= 0.3 is 0 Å². The molecule has 1 aliphatic heterocycles. The van der Waals surface area contributed by atoms with Crippen LogP contribution >= 0.6 is 0 Å². The van der Waals surface area contributed by atoms with Gasteiger partial charge in [-0.25, -0.2) is 4.39 Å². The molecule has 0 saturated carbocycles. The fourth-order valence-electron chi connectivity index (χ4n) is 2.37. The summed E-state index contributed by atoms with van der Waals surface area (Å²) in [7, 11) is 0. The summed E-state index contributed by atoms with van der Waals surface area (Å²) in [5.41, 5.74) is 2.29. The van der Waals surface area contributed by atoms with E-state index in [1.807, 2.05) is 13.0 Å². The predicted octanol–water partition coefficient (Wildman–Crippen LogP) is 2.10. The Kier molecular flexibility index (Phi) is 3.56. The van der Waals surface area contributed by atoms with Gasteiger partial charge in [-0.1, -0.05) is 6.07 Å². The molecule has 0 aliphatic carbocycles. The lowest BCUT2D eigenvalue weighted by Gasteiger charge is -2.33. The van der Waals surface area contributed by atoms with Gasteiger partial charge in [0, 0.05) is 32.2 Å². The highest BCUT2D eigenvalue weighted by Crippen LogP contribution is 2.24. The summed E-state index contributed by atoms with van der Waals surface area (Å²) in [6.45, 7) is 8.41. The van der Waals surface area contributed by atoms with Gasteiger partial charge in [0.1, 0.15) is 5.82 Å². The molecule has 1 saturated heterocycles. The number of nitrogens with one attached hydrogen (secondary N) is 1. The molecular weight excluding hydrogens is 203 g/mol. The highest BCUT2D eigenvalue weighted by molar-refractivity contribution is 5.29. The van der Waals surface area contributed by atoms with Crippen molar-refractivity contribution in [2.24, 2.45) is 0 Å². The van der Waals surface area contributed by atoms with Crippen molar-refractivity contribution in [3.8, 4) is 0 Å². The van der Waals surface area contributed by atoms with Crippen LogP contribution in [-0.2, 0) is 0 Å². The fourth-order valence-corrected chi connectivity index (χ4v) is 2.37. The lowest BCUT2D eigenvalue weighted by molar-refractivity contribution is 0.185. The lowest BCUT2D eigenvalue weighted by atomic mass is 10.0.